The lowest BCUT2D eigenvalue weighted by Gasteiger charge is -2.09. The second-order valence-electron chi connectivity index (χ2n) is 3.81. The van der Waals surface area contributed by atoms with E-state index in [2.05, 4.69) is 0 Å². The van der Waals surface area contributed by atoms with Gasteiger partial charge in [0.15, 0.2) is 0 Å². The number of hydrogen-bond donors (Lipinski definition) is 3. The molecule has 0 spiro atoms. The fraction of sp³-hybridized carbons (Fsp3) is 0.455. The number of nitro groups is 1. The molecule has 2 unspecified atom stereocenters. The van der Waals surface area contributed by atoms with Crippen molar-refractivity contribution in [2.75, 3.05) is 12.4 Å². The Balaban J connectivity index is 2.93. The van der Waals surface area contributed by atoms with Gasteiger partial charge in [-0.25, -0.2) is 0 Å². The molecule has 6 nitrogen and oxygen atoms in total. The monoisotopic (exact) mass is 273 g/mol. The lowest BCUT2D eigenvalue weighted by molar-refractivity contribution is -0.387. The molecule has 100 valence electrons. The minimum Gasteiger partial charge on any atom is -0.394 e. The Kier molecular flexibility index (Phi) is 5.54. The van der Waals surface area contributed by atoms with Gasteiger partial charge in [-0.05, 0) is 18.6 Å². The van der Waals surface area contributed by atoms with Crippen LogP contribution in [-0.4, -0.2) is 38.7 Å². The largest absolute Gasteiger partial charge is 0.394 e. The Morgan fingerprint density at radius 3 is 2.61 bits per heavy atom. The highest BCUT2D eigenvalue weighted by Gasteiger charge is 2.17. The zero-order chi connectivity index (χ0) is 13.7. The number of thioether (sulfide) groups is 1. The fourth-order valence-corrected chi connectivity index (χ4v) is 2.22. The molecule has 0 saturated heterocycles. The van der Waals surface area contributed by atoms with Gasteiger partial charge in [0.25, 0.3) is 5.69 Å². The molecular weight excluding hydrogens is 258 g/mol. The van der Waals surface area contributed by atoms with Gasteiger partial charge in [0.1, 0.15) is 0 Å². The van der Waals surface area contributed by atoms with E-state index in [0.29, 0.717) is 10.5 Å². The van der Waals surface area contributed by atoms with E-state index in [9.17, 15) is 20.3 Å². The van der Waals surface area contributed by atoms with Crippen molar-refractivity contribution in [3.8, 4) is 0 Å². The summed E-state index contributed by atoms with van der Waals surface area (Å²) in [6.07, 6.45) is -1.68. The van der Waals surface area contributed by atoms with E-state index in [1.807, 2.05) is 0 Å². The standard InChI is InChI=1S/C11H15NO5S/c1-7(14)8-2-3-11(10(4-8)12(16)17)18-6-9(15)5-13/h2-4,7,9,13-15H,5-6H2,1H3. The van der Waals surface area contributed by atoms with Crippen molar-refractivity contribution in [3.63, 3.8) is 0 Å². The molecule has 0 aliphatic heterocycles. The molecule has 0 aliphatic rings. The van der Waals surface area contributed by atoms with E-state index in [1.165, 1.54) is 19.1 Å². The Bertz CT molecular complexity index is 424. The van der Waals surface area contributed by atoms with Crippen molar-refractivity contribution < 1.29 is 20.2 Å². The first kappa shape index (κ1) is 14.9. The van der Waals surface area contributed by atoms with Gasteiger partial charge in [-0.1, -0.05) is 6.07 Å². The van der Waals surface area contributed by atoms with Gasteiger partial charge in [0.2, 0.25) is 0 Å². The molecule has 0 amide bonds. The first-order chi connectivity index (χ1) is 8.45. The fourth-order valence-electron chi connectivity index (χ4n) is 1.30. The van der Waals surface area contributed by atoms with Crippen LogP contribution in [0, 0.1) is 10.1 Å². The summed E-state index contributed by atoms with van der Waals surface area (Å²) >= 11 is 1.10. The zero-order valence-corrected chi connectivity index (χ0v) is 10.6. The molecule has 3 N–H and O–H groups in total. The highest BCUT2D eigenvalue weighted by atomic mass is 32.2. The number of hydrogen-bond acceptors (Lipinski definition) is 6. The zero-order valence-electron chi connectivity index (χ0n) is 9.81. The molecule has 0 radical (unpaired) electrons. The Labute approximate surface area is 108 Å². The Morgan fingerprint density at radius 1 is 1.44 bits per heavy atom. The molecule has 0 saturated carbocycles. The van der Waals surface area contributed by atoms with Crippen molar-refractivity contribution >= 4 is 17.4 Å². The maximum Gasteiger partial charge on any atom is 0.283 e. The Hall–Kier alpha value is -1.15. The summed E-state index contributed by atoms with van der Waals surface area (Å²) in [4.78, 5) is 10.8. The molecular formula is C11H15NO5S. The lowest BCUT2D eigenvalue weighted by Crippen LogP contribution is -2.14. The first-order valence-electron chi connectivity index (χ1n) is 5.33. The summed E-state index contributed by atoms with van der Waals surface area (Å²) in [5, 5.41) is 38.2. The highest BCUT2D eigenvalue weighted by Crippen LogP contribution is 2.32. The molecule has 0 aromatic heterocycles. The average molecular weight is 273 g/mol. The maximum atomic E-state index is 10.9. The van der Waals surface area contributed by atoms with Crippen molar-refractivity contribution in [1.29, 1.82) is 0 Å². The lowest BCUT2D eigenvalue weighted by atomic mass is 10.1. The Morgan fingerprint density at radius 2 is 2.11 bits per heavy atom. The summed E-state index contributed by atoms with van der Waals surface area (Å²) in [6, 6.07) is 4.46. The third-order valence-corrected chi connectivity index (χ3v) is 3.51. The van der Waals surface area contributed by atoms with Gasteiger partial charge >= 0.3 is 0 Å². The molecule has 2 atom stereocenters. The van der Waals surface area contributed by atoms with E-state index < -0.39 is 17.1 Å². The second kappa shape index (κ2) is 6.69. The third kappa shape index (κ3) is 3.95. The van der Waals surface area contributed by atoms with Crippen LogP contribution in [0.3, 0.4) is 0 Å². The van der Waals surface area contributed by atoms with Gasteiger partial charge in [-0.2, -0.15) is 0 Å². The van der Waals surface area contributed by atoms with Gasteiger partial charge in [0.05, 0.1) is 28.6 Å². The highest BCUT2D eigenvalue weighted by molar-refractivity contribution is 7.99. The van der Waals surface area contributed by atoms with Crippen LogP contribution < -0.4 is 0 Å². The predicted octanol–water partition coefficient (Wildman–Crippen LogP) is 1.09. The van der Waals surface area contributed by atoms with E-state index in [1.54, 1.807) is 6.07 Å². The molecule has 1 rings (SSSR count). The normalized spacial score (nSPS) is 14.2. The quantitative estimate of drug-likeness (QED) is 0.407. The van der Waals surface area contributed by atoms with Crippen molar-refractivity contribution in [1.82, 2.24) is 0 Å². The van der Waals surface area contributed by atoms with Crippen molar-refractivity contribution in [3.05, 3.63) is 33.9 Å². The molecule has 0 fully saturated rings. The van der Waals surface area contributed by atoms with Crippen LogP contribution >= 0.6 is 11.8 Å². The molecule has 1 aromatic rings. The molecule has 0 aliphatic carbocycles. The SMILES string of the molecule is CC(O)c1ccc(SCC(O)CO)c([N+](=O)[O-])c1. The maximum absolute atomic E-state index is 10.9. The first-order valence-corrected chi connectivity index (χ1v) is 6.32. The smallest absolute Gasteiger partial charge is 0.283 e. The van der Waals surface area contributed by atoms with E-state index in [4.69, 9.17) is 5.11 Å². The van der Waals surface area contributed by atoms with Gasteiger partial charge in [0, 0.05) is 11.8 Å². The van der Waals surface area contributed by atoms with Crippen molar-refractivity contribution in [2.24, 2.45) is 0 Å². The van der Waals surface area contributed by atoms with Crippen LogP contribution in [0.4, 0.5) is 5.69 Å². The van der Waals surface area contributed by atoms with E-state index >= 15 is 0 Å². The minimum absolute atomic E-state index is 0.108. The summed E-state index contributed by atoms with van der Waals surface area (Å²) in [6.45, 7) is 1.15. The van der Waals surface area contributed by atoms with Crippen LogP contribution in [0.5, 0.6) is 0 Å². The minimum atomic E-state index is -0.911. The number of rotatable bonds is 6. The van der Waals surface area contributed by atoms with E-state index in [0.717, 1.165) is 11.8 Å². The van der Waals surface area contributed by atoms with Crippen LogP contribution in [0.15, 0.2) is 23.1 Å². The molecule has 7 heteroatoms. The van der Waals surface area contributed by atoms with Gasteiger partial charge in [-0.15, -0.1) is 11.8 Å². The average Bonchev–Trinajstić information content (AvgIpc) is 2.35. The van der Waals surface area contributed by atoms with Crippen molar-refractivity contribution in [2.45, 2.75) is 24.0 Å². The van der Waals surface area contributed by atoms with Crippen LogP contribution in [0.1, 0.15) is 18.6 Å². The topological polar surface area (TPSA) is 104 Å². The van der Waals surface area contributed by atoms with Gasteiger partial charge in [-0.3, -0.25) is 10.1 Å². The summed E-state index contributed by atoms with van der Waals surface area (Å²) in [7, 11) is 0. The number of nitro benzene ring substituents is 1. The molecule has 1 aromatic carbocycles. The third-order valence-electron chi connectivity index (χ3n) is 2.30. The van der Waals surface area contributed by atoms with Gasteiger partial charge < -0.3 is 15.3 Å². The van der Waals surface area contributed by atoms with Crippen LogP contribution in [-0.2, 0) is 0 Å². The molecule has 0 heterocycles. The van der Waals surface area contributed by atoms with Crippen LogP contribution in [0.25, 0.3) is 0 Å². The number of aliphatic hydroxyl groups is 3. The number of nitrogens with zero attached hydrogens (tertiary/aromatic N) is 1. The second-order valence-corrected chi connectivity index (χ2v) is 4.87. The number of benzene rings is 1. The van der Waals surface area contributed by atoms with Crippen LogP contribution in [0.2, 0.25) is 0 Å². The predicted molar refractivity (Wildman–Crippen MR) is 67.5 cm³/mol. The number of aliphatic hydroxyl groups excluding tert-OH is 3. The van der Waals surface area contributed by atoms with E-state index in [-0.39, 0.29) is 18.0 Å². The molecule has 18 heavy (non-hydrogen) atoms. The summed E-state index contributed by atoms with van der Waals surface area (Å²) in [5.41, 5.74) is 0.359. The summed E-state index contributed by atoms with van der Waals surface area (Å²) in [5.74, 6) is 0.172. The molecule has 0 bridgehead atoms. The summed E-state index contributed by atoms with van der Waals surface area (Å²) < 4.78 is 0.